The number of hydrogen-bond acceptors (Lipinski definition) is 1. The van der Waals surface area contributed by atoms with E-state index in [9.17, 15) is 0 Å². The average molecular weight is 110 g/mol. The molecule has 0 aliphatic heterocycles. The van der Waals surface area contributed by atoms with E-state index in [2.05, 4.69) is 18.4 Å². The summed E-state index contributed by atoms with van der Waals surface area (Å²) in [5.41, 5.74) is 0. The minimum Gasteiger partial charge on any atom is -0.365 e. The summed E-state index contributed by atoms with van der Waals surface area (Å²) in [4.78, 5) is 0. The Labute approximate surface area is 50.4 Å². The van der Waals surface area contributed by atoms with Crippen LogP contribution in [-0.4, -0.2) is 13.2 Å². The molecule has 1 nitrogen and oxygen atoms in total. The van der Waals surface area contributed by atoms with E-state index in [-0.39, 0.29) is 0 Å². The lowest BCUT2D eigenvalue weighted by atomic mass is 10.6. The third kappa shape index (κ3) is 5.26. The first kappa shape index (κ1) is 7.26. The van der Waals surface area contributed by atoms with E-state index in [1.807, 2.05) is 0 Å². The third-order valence-electron chi connectivity index (χ3n) is 0.587. The van der Waals surface area contributed by atoms with E-state index in [4.69, 9.17) is 4.74 Å². The minimum absolute atomic E-state index is 0.516. The molecule has 0 N–H and O–H groups in total. The van der Waals surface area contributed by atoms with Crippen LogP contribution in [0, 0.1) is 11.8 Å². The van der Waals surface area contributed by atoms with Crippen LogP contribution in [0.25, 0.3) is 0 Å². The van der Waals surface area contributed by atoms with Gasteiger partial charge in [-0.25, -0.2) is 0 Å². The second-order valence-corrected chi connectivity index (χ2v) is 1.23. The largest absolute Gasteiger partial charge is 0.365 e. The summed E-state index contributed by atoms with van der Waals surface area (Å²) in [6.45, 7) is 6.38. The zero-order chi connectivity index (χ0) is 6.24. The summed E-state index contributed by atoms with van der Waals surface area (Å²) in [5.74, 6) is 5.48. The normalized spacial score (nSPS) is 7.12. The van der Waals surface area contributed by atoms with Crippen molar-refractivity contribution in [1.82, 2.24) is 0 Å². The number of hydrogen-bond donors (Lipinski definition) is 0. The first-order valence-electron chi connectivity index (χ1n) is 2.50. The highest BCUT2D eigenvalue weighted by molar-refractivity contribution is 4.94. The van der Waals surface area contributed by atoms with Crippen LogP contribution in [0.4, 0.5) is 0 Å². The molecule has 0 saturated heterocycles. The Morgan fingerprint density at radius 1 is 1.75 bits per heavy atom. The maximum absolute atomic E-state index is 4.93. The molecule has 0 amide bonds. The molecule has 0 aromatic heterocycles. The van der Waals surface area contributed by atoms with Gasteiger partial charge in [0.25, 0.3) is 0 Å². The minimum atomic E-state index is 0.516. The molecule has 0 saturated carbocycles. The van der Waals surface area contributed by atoms with E-state index in [0.717, 1.165) is 0 Å². The van der Waals surface area contributed by atoms with Crippen molar-refractivity contribution in [1.29, 1.82) is 0 Å². The van der Waals surface area contributed by atoms with Gasteiger partial charge in [-0.15, -0.1) is 12.5 Å². The van der Waals surface area contributed by atoms with Crippen LogP contribution in [0.15, 0.2) is 12.7 Å². The number of ether oxygens (including phenoxy) is 1. The molecule has 0 aromatic rings. The standard InChI is InChI=1S/C7H10O/c1-3-5-7-8-6-4-2/h4H,2,6-7H2,1H3. The van der Waals surface area contributed by atoms with Crippen molar-refractivity contribution in [3.8, 4) is 11.8 Å². The summed E-state index contributed by atoms with van der Waals surface area (Å²) < 4.78 is 4.93. The van der Waals surface area contributed by atoms with Gasteiger partial charge in [-0.1, -0.05) is 12.0 Å². The molecule has 8 heavy (non-hydrogen) atoms. The molecular formula is C7H10O. The van der Waals surface area contributed by atoms with Crippen molar-refractivity contribution in [2.75, 3.05) is 13.2 Å². The topological polar surface area (TPSA) is 9.23 Å². The summed E-state index contributed by atoms with van der Waals surface area (Å²) in [5, 5.41) is 0. The van der Waals surface area contributed by atoms with E-state index >= 15 is 0 Å². The smallest absolute Gasteiger partial charge is 0.108 e. The van der Waals surface area contributed by atoms with Gasteiger partial charge in [-0.05, 0) is 6.92 Å². The fourth-order valence-electron chi connectivity index (χ4n) is 0.265. The molecule has 0 atom stereocenters. The Morgan fingerprint density at radius 3 is 3.00 bits per heavy atom. The molecule has 0 radical (unpaired) electrons. The van der Waals surface area contributed by atoms with Gasteiger partial charge in [0.1, 0.15) is 6.61 Å². The lowest BCUT2D eigenvalue weighted by Crippen LogP contribution is -1.89. The Bertz CT molecular complexity index is 105. The van der Waals surface area contributed by atoms with Gasteiger partial charge in [0, 0.05) is 0 Å². The molecule has 0 fully saturated rings. The monoisotopic (exact) mass is 110 g/mol. The molecule has 0 aliphatic rings. The second kappa shape index (κ2) is 6.26. The van der Waals surface area contributed by atoms with Gasteiger partial charge in [0.2, 0.25) is 0 Å². The Morgan fingerprint density at radius 2 is 2.50 bits per heavy atom. The van der Waals surface area contributed by atoms with Gasteiger partial charge in [0.05, 0.1) is 6.61 Å². The highest BCUT2D eigenvalue weighted by Gasteiger charge is 1.72. The van der Waals surface area contributed by atoms with E-state index in [0.29, 0.717) is 13.2 Å². The summed E-state index contributed by atoms with van der Waals surface area (Å²) in [6.07, 6.45) is 1.71. The third-order valence-corrected chi connectivity index (χ3v) is 0.587. The Hall–Kier alpha value is -0.740. The molecule has 0 unspecified atom stereocenters. The predicted molar refractivity (Wildman–Crippen MR) is 34.5 cm³/mol. The molecule has 0 rings (SSSR count). The molecule has 0 bridgehead atoms. The van der Waals surface area contributed by atoms with Gasteiger partial charge in [-0.3, -0.25) is 0 Å². The van der Waals surface area contributed by atoms with Crippen molar-refractivity contribution in [2.45, 2.75) is 6.92 Å². The van der Waals surface area contributed by atoms with E-state index in [1.165, 1.54) is 0 Å². The zero-order valence-corrected chi connectivity index (χ0v) is 5.11. The number of rotatable bonds is 3. The van der Waals surface area contributed by atoms with Crippen molar-refractivity contribution in [2.24, 2.45) is 0 Å². The van der Waals surface area contributed by atoms with Crippen LogP contribution >= 0.6 is 0 Å². The van der Waals surface area contributed by atoms with E-state index < -0.39 is 0 Å². The molecule has 0 spiro atoms. The van der Waals surface area contributed by atoms with Gasteiger partial charge < -0.3 is 4.74 Å². The average Bonchev–Trinajstić information content (AvgIpc) is 1.81. The van der Waals surface area contributed by atoms with Gasteiger partial charge >= 0.3 is 0 Å². The quantitative estimate of drug-likeness (QED) is 0.301. The fraction of sp³-hybridized carbons (Fsp3) is 0.429. The van der Waals surface area contributed by atoms with Crippen molar-refractivity contribution in [3.05, 3.63) is 12.7 Å². The first-order chi connectivity index (χ1) is 3.91. The van der Waals surface area contributed by atoms with Gasteiger partial charge in [-0.2, -0.15) is 0 Å². The molecule has 0 heterocycles. The highest BCUT2D eigenvalue weighted by atomic mass is 16.5. The van der Waals surface area contributed by atoms with Crippen LogP contribution < -0.4 is 0 Å². The van der Waals surface area contributed by atoms with Crippen LogP contribution in [-0.2, 0) is 4.74 Å². The van der Waals surface area contributed by atoms with Gasteiger partial charge in [0.15, 0.2) is 0 Å². The van der Waals surface area contributed by atoms with Crippen LogP contribution in [0.2, 0.25) is 0 Å². The Kier molecular flexibility index (Phi) is 5.68. The summed E-state index contributed by atoms with van der Waals surface area (Å²) in [7, 11) is 0. The SMILES string of the molecule is C=CCOCC#CC. The van der Waals surface area contributed by atoms with Crippen molar-refractivity contribution < 1.29 is 4.74 Å². The predicted octanol–water partition coefficient (Wildman–Crippen LogP) is 1.21. The molecule has 44 valence electrons. The Balaban J connectivity index is 2.89. The fourth-order valence-corrected chi connectivity index (χ4v) is 0.265. The summed E-state index contributed by atoms with van der Waals surface area (Å²) >= 11 is 0. The molecule has 0 aromatic carbocycles. The maximum atomic E-state index is 4.93. The highest BCUT2D eigenvalue weighted by Crippen LogP contribution is 1.70. The van der Waals surface area contributed by atoms with Crippen molar-refractivity contribution in [3.63, 3.8) is 0 Å². The lowest BCUT2D eigenvalue weighted by molar-refractivity contribution is 0.199. The van der Waals surface area contributed by atoms with Crippen molar-refractivity contribution >= 4 is 0 Å². The lowest BCUT2D eigenvalue weighted by Gasteiger charge is -1.88. The van der Waals surface area contributed by atoms with Crippen LogP contribution in [0.1, 0.15) is 6.92 Å². The molecule has 0 aliphatic carbocycles. The maximum Gasteiger partial charge on any atom is 0.108 e. The second-order valence-electron chi connectivity index (χ2n) is 1.23. The van der Waals surface area contributed by atoms with Crippen LogP contribution in [0.3, 0.4) is 0 Å². The van der Waals surface area contributed by atoms with Crippen LogP contribution in [0.5, 0.6) is 0 Å². The zero-order valence-electron chi connectivity index (χ0n) is 5.11. The summed E-state index contributed by atoms with van der Waals surface area (Å²) in [6, 6.07) is 0. The molecule has 1 heteroatoms. The first-order valence-corrected chi connectivity index (χ1v) is 2.50. The molecular weight excluding hydrogens is 100 g/mol. The van der Waals surface area contributed by atoms with E-state index in [1.54, 1.807) is 13.0 Å².